The van der Waals surface area contributed by atoms with Gasteiger partial charge in [-0.25, -0.2) is 14.6 Å². The molecular formula is C20H17N5OS. The maximum Gasteiger partial charge on any atom is 0.258 e. The van der Waals surface area contributed by atoms with E-state index in [4.69, 9.17) is 10.1 Å². The minimum absolute atomic E-state index is 0.0716. The van der Waals surface area contributed by atoms with Crippen LogP contribution in [-0.4, -0.2) is 24.1 Å². The Morgan fingerprint density at radius 3 is 2.67 bits per heavy atom. The van der Waals surface area contributed by atoms with Crippen molar-refractivity contribution in [2.75, 3.05) is 0 Å². The van der Waals surface area contributed by atoms with Crippen LogP contribution in [0.4, 0.5) is 0 Å². The molecule has 0 radical (unpaired) electrons. The van der Waals surface area contributed by atoms with Crippen molar-refractivity contribution in [1.29, 1.82) is 0 Å². The van der Waals surface area contributed by atoms with Gasteiger partial charge in [-0.2, -0.15) is 0 Å². The summed E-state index contributed by atoms with van der Waals surface area (Å²) in [5.41, 5.74) is 2.35. The van der Waals surface area contributed by atoms with E-state index in [2.05, 4.69) is 4.98 Å². The van der Waals surface area contributed by atoms with Gasteiger partial charge in [-0.05, 0) is 37.1 Å². The molecule has 27 heavy (non-hydrogen) atoms. The Bertz CT molecular complexity index is 1160. The molecule has 1 aliphatic rings. The first-order valence-corrected chi connectivity index (χ1v) is 9.89. The molecule has 1 saturated carbocycles. The molecule has 0 spiro atoms. The molecule has 0 N–H and O–H groups in total. The van der Waals surface area contributed by atoms with E-state index in [0.717, 1.165) is 22.4 Å². The largest absolute Gasteiger partial charge is 0.269 e. The highest BCUT2D eigenvalue weighted by molar-refractivity contribution is 7.98. The van der Waals surface area contributed by atoms with Crippen molar-refractivity contribution in [2.45, 2.75) is 29.7 Å². The number of hydrogen-bond donors (Lipinski definition) is 0. The van der Waals surface area contributed by atoms with Gasteiger partial charge in [-0.1, -0.05) is 36.0 Å². The van der Waals surface area contributed by atoms with Crippen molar-refractivity contribution in [3.63, 3.8) is 0 Å². The summed E-state index contributed by atoms with van der Waals surface area (Å²) >= 11 is 1.51. The third-order valence-electron chi connectivity index (χ3n) is 4.53. The number of nitrogens with zero attached hydrogens (tertiary/aromatic N) is 5. The van der Waals surface area contributed by atoms with E-state index in [1.807, 2.05) is 53.2 Å². The zero-order chi connectivity index (χ0) is 18.2. The number of pyridine rings is 1. The number of aromatic nitrogens is 5. The van der Waals surface area contributed by atoms with Crippen molar-refractivity contribution >= 4 is 17.4 Å². The highest BCUT2D eigenvalue weighted by Crippen LogP contribution is 2.40. The molecule has 0 unspecified atom stereocenters. The van der Waals surface area contributed by atoms with E-state index in [-0.39, 0.29) is 5.56 Å². The molecule has 5 rings (SSSR count). The molecule has 0 atom stereocenters. The van der Waals surface area contributed by atoms with Crippen LogP contribution in [0.5, 0.6) is 0 Å². The normalized spacial score (nSPS) is 13.9. The molecule has 6 nitrogen and oxygen atoms in total. The Balaban J connectivity index is 1.42. The van der Waals surface area contributed by atoms with Crippen molar-refractivity contribution < 1.29 is 0 Å². The van der Waals surface area contributed by atoms with Gasteiger partial charge in [0.15, 0.2) is 0 Å². The predicted octanol–water partition coefficient (Wildman–Crippen LogP) is 3.44. The lowest BCUT2D eigenvalue weighted by molar-refractivity contribution is 0.782. The molecule has 134 valence electrons. The maximum absolute atomic E-state index is 12.2. The quantitative estimate of drug-likeness (QED) is 0.500. The molecule has 3 heterocycles. The van der Waals surface area contributed by atoms with Crippen LogP contribution >= 0.6 is 11.8 Å². The van der Waals surface area contributed by atoms with E-state index < -0.39 is 0 Å². The van der Waals surface area contributed by atoms with Gasteiger partial charge >= 0.3 is 0 Å². The first-order valence-electron chi connectivity index (χ1n) is 8.90. The molecular weight excluding hydrogens is 358 g/mol. The van der Waals surface area contributed by atoms with Gasteiger partial charge in [-0.15, -0.1) is 5.10 Å². The number of benzene rings is 1. The molecule has 0 bridgehead atoms. The van der Waals surface area contributed by atoms with Gasteiger partial charge in [0, 0.05) is 23.9 Å². The third kappa shape index (κ3) is 3.26. The molecule has 4 aromatic rings. The lowest BCUT2D eigenvalue weighted by atomic mass is 10.3. The van der Waals surface area contributed by atoms with E-state index in [9.17, 15) is 4.79 Å². The number of thioether (sulfide) groups is 1. The van der Waals surface area contributed by atoms with Crippen LogP contribution in [-0.2, 0) is 5.75 Å². The Labute approximate surface area is 159 Å². The Morgan fingerprint density at radius 2 is 1.85 bits per heavy atom. The SMILES string of the molecule is O=c1cc(CSc2nc(C3CC3)n(-c3ccccc3)n2)nc2ccccn12. The summed E-state index contributed by atoms with van der Waals surface area (Å²) in [6.45, 7) is 0. The minimum atomic E-state index is -0.0716. The molecule has 0 saturated heterocycles. The Hall–Kier alpha value is -2.93. The van der Waals surface area contributed by atoms with Crippen molar-refractivity contribution in [1.82, 2.24) is 24.1 Å². The van der Waals surface area contributed by atoms with Crippen LogP contribution < -0.4 is 5.56 Å². The zero-order valence-electron chi connectivity index (χ0n) is 14.5. The second-order valence-corrected chi connectivity index (χ2v) is 7.52. The van der Waals surface area contributed by atoms with Gasteiger partial charge in [-0.3, -0.25) is 9.20 Å². The lowest BCUT2D eigenvalue weighted by Gasteiger charge is -2.03. The molecule has 1 aliphatic carbocycles. The van der Waals surface area contributed by atoms with Gasteiger partial charge < -0.3 is 0 Å². The molecule has 1 fully saturated rings. The lowest BCUT2D eigenvalue weighted by Crippen LogP contribution is -2.14. The Kier molecular flexibility index (Phi) is 4.01. The second kappa shape index (κ2) is 6.66. The first-order chi connectivity index (χ1) is 13.3. The van der Waals surface area contributed by atoms with Crippen molar-refractivity contribution in [2.24, 2.45) is 0 Å². The standard InChI is InChI=1S/C20H17N5OS/c26-18-12-15(21-17-8-4-5-11-24(17)18)13-27-20-22-19(14-9-10-14)25(23-20)16-6-2-1-3-7-16/h1-8,11-12,14H,9-10,13H2. The zero-order valence-corrected chi connectivity index (χ0v) is 15.3. The monoisotopic (exact) mass is 375 g/mol. The van der Waals surface area contributed by atoms with Crippen LogP contribution in [0.3, 0.4) is 0 Å². The fraction of sp³-hybridized carbons (Fsp3) is 0.200. The smallest absolute Gasteiger partial charge is 0.258 e. The van der Waals surface area contributed by atoms with Crippen molar-refractivity contribution in [3.8, 4) is 5.69 Å². The van der Waals surface area contributed by atoms with E-state index in [0.29, 0.717) is 17.3 Å². The van der Waals surface area contributed by atoms with Crippen molar-refractivity contribution in [3.05, 3.63) is 82.7 Å². The van der Waals surface area contributed by atoms with Crippen LogP contribution in [0, 0.1) is 0 Å². The third-order valence-corrected chi connectivity index (χ3v) is 5.40. The number of para-hydroxylation sites is 1. The molecule has 3 aromatic heterocycles. The average Bonchev–Trinajstić information content (AvgIpc) is 3.46. The molecule has 7 heteroatoms. The predicted molar refractivity (Wildman–Crippen MR) is 104 cm³/mol. The van der Waals surface area contributed by atoms with E-state index >= 15 is 0 Å². The summed E-state index contributed by atoms with van der Waals surface area (Å²) in [5.74, 6) is 2.08. The summed E-state index contributed by atoms with van der Waals surface area (Å²) in [4.78, 5) is 21.5. The highest BCUT2D eigenvalue weighted by Gasteiger charge is 2.30. The number of hydrogen-bond acceptors (Lipinski definition) is 5. The summed E-state index contributed by atoms with van der Waals surface area (Å²) < 4.78 is 3.49. The first kappa shape index (κ1) is 16.3. The van der Waals surface area contributed by atoms with Gasteiger partial charge in [0.05, 0.1) is 11.4 Å². The topological polar surface area (TPSA) is 65.1 Å². The van der Waals surface area contributed by atoms with Gasteiger partial charge in [0.2, 0.25) is 5.16 Å². The molecule has 0 aliphatic heterocycles. The van der Waals surface area contributed by atoms with E-state index in [1.54, 1.807) is 16.7 Å². The van der Waals surface area contributed by atoms with Gasteiger partial charge in [0.1, 0.15) is 11.5 Å². The summed E-state index contributed by atoms with van der Waals surface area (Å²) in [6, 6.07) is 17.2. The fourth-order valence-corrected chi connectivity index (χ4v) is 3.77. The van der Waals surface area contributed by atoms with Crippen LogP contribution in [0.25, 0.3) is 11.3 Å². The summed E-state index contributed by atoms with van der Waals surface area (Å²) in [7, 11) is 0. The van der Waals surface area contributed by atoms with Crippen LogP contribution in [0.1, 0.15) is 30.3 Å². The van der Waals surface area contributed by atoms with Gasteiger partial charge in [0.25, 0.3) is 5.56 Å². The number of rotatable bonds is 5. The molecule has 0 amide bonds. The highest BCUT2D eigenvalue weighted by atomic mass is 32.2. The van der Waals surface area contributed by atoms with Crippen LogP contribution in [0.15, 0.2) is 70.7 Å². The minimum Gasteiger partial charge on any atom is -0.269 e. The second-order valence-electron chi connectivity index (χ2n) is 6.58. The number of fused-ring (bicyclic) bond motifs is 1. The maximum atomic E-state index is 12.2. The van der Waals surface area contributed by atoms with E-state index in [1.165, 1.54) is 24.6 Å². The average molecular weight is 375 g/mol. The summed E-state index contributed by atoms with van der Waals surface area (Å²) in [5, 5.41) is 5.42. The summed E-state index contributed by atoms with van der Waals surface area (Å²) in [6.07, 6.45) is 4.06. The molecule has 1 aromatic carbocycles. The fourth-order valence-electron chi connectivity index (χ4n) is 3.05. The Morgan fingerprint density at radius 1 is 1.04 bits per heavy atom. The van der Waals surface area contributed by atoms with Crippen LogP contribution in [0.2, 0.25) is 0 Å².